The van der Waals surface area contributed by atoms with Crippen LogP contribution in [0.4, 0.5) is 0 Å². The molecule has 1 aromatic heterocycles. The molecule has 2 atom stereocenters. The van der Waals surface area contributed by atoms with Gasteiger partial charge in [-0.1, -0.05) is 0 Å². The van der Waals surface area contributed by atoms with Crippen LogP contribution in [0.3, 0.4) is 0 Å². The largest absolute Gasteiger partial charge is 0.366 e. The normalized spacial score (nSPS) is 14.4. The molecule has 6 N–H and O–H groups in total. The van der Waals surface area contributed by atoms with E-state index in [9.17, 15) is 4.79 Å². The summed E-state index contributed by atoms with van der Waals surface area (Å²) in [5.41, 5.74) is 12.2. The van der Waals surface area contributed by atoms with Gasteiger partial charge in [-0.15, -0.1) is 0 Å². The molecule has 8 heteroatoms. The highest BCUT2D eigenvalue weighted by atomic mass is 32.1. The zero-order valence-electron chi connectivity index (χ0n) is 10.4. The molecule has 1 rings (SSSR count). The molecule has 0 amide bonds. The van der Waals surface area contributed by atoms with Gasteiger partial charge in [0.1, 0.15) is 12.5 Å². The summed E-state index contributed by atoms with van der Waals surface area (Å²) >= 11 is 4.92. The fourth-order valence-electron chi connectivity index (χ4n) is 1.52. The summed E-state index contributed by atoms with van der Waals surface area (Å²) in [6.45, 7) is 0. The molecule has 0 bridgehead atoms. The third-order valence-electron chi connectivity index (χ3n) is 2.55. The third-order valence-corrected chi connectivity index (χ3v) is 2.75. The van der Waals surface area contributed by atoms with Crippen molar-refractivity contribution >= 4 is 12.2 Å². The van der Waals surface area contributed by atoms with Crippen LogP contribution in [-0.4, -0.2) is 36.6 Å². The van der Waals surface area contributed by atoms with E-state index in [-0.39, 0.29) is 16.8 Å². The Hall–Kier alpha value is -1.06. The van der Waals surface area contributed by atoms with Crippen molar-refractivity contribution in [3.05, 3.63) is 26.4 Å². The second-order valence-corrected chi connectivity index (χ2v) is 4.23. The average Bonchev–Trinajstić information content (AvgIpc) is 2.32. The maximum absolute atomic E-state index is 11.8. The number of hydrogen-bond acceptors (Lipinski definition) is 6. The quantitative estimate of drug-likeness (QED) is 0.405. The van der Waals surface area contributed by atoms with E-state index in [0.29, 0.717) is 17.7 Å². The molecule has 7 nitrogen and oxygen atoms in total. The monoisotopic (exact) mass is 274 g/mol. The van der Waals surface area contributed by atoms with Crippen LogP contribution >= 0.6 is 12.2 Å². The molecule has 0 saturated carbocycles. The van der Waals surface area contributed by atoms with Crippen molar-refractivity contribution in [3.8, 4) is 0 Å². The first-order valence-corrected chi connectivity index (χ1v) is 5.79. The van der Waals surface area contributed by atoms with Crippen molar-refractivity contribution in [1.82, 2.24) is 9.97 Å². The molecular weight excluding hydrogens is 256 g/mol. The van der Waals surface area contributed by atoms with Crippen molar-refractivity contribution in [2.45, 2.75) is 25.3 Å². The zero-order valence-corrected chi connectivity index (χ0v) is 11.2. The zero-order chi connectivity index (χ0) is 13.7. The molecule has 0 spiro atoms. The predicted octanol–water partition coefficient (Wildman–Crippen LogP) is -0.620. The molecule has 1 aromatic rings. The van der Waals surface area contributed by atoms with E-state index in [1.54, 1.807) is 0 Å². The number of H-pyrrole nitrogens is 2. The fourth-order valence-corrected chi connectivity index (χ4v) is 1.73. The van der Waals surface area contributed by atoms with Crippen LogP contribution in [-0.2, 0) is 22.3 Å². The minimum atomic E-state index is -0.562. The van der Waals surface area contributed by atoms with Gasteiger partial charge in [0.05, 0.1) is 0 Å². The topological polar surface area (TPSA) is 119 Å². The van der Waals surface area contributed by atoms with E-state index in [0.717, 1.165) is 0 Å². The number of methoxy groups -OCH3 is 2. The van der Waals surface area contributed by atoms with Gasteiger partial charge in [-0.25, -0.2) is 0 Å². The van der Waals surface area contributed by atoms with Crippen LogP contribution < -0.4 is 17.0 Å². The Labute approximate surface area is 109 Å². The van der Waals surface area contributed by atoms with Gasteiger partial charge in [-0.05, 0) is 12.2 Å². The van der Waals surface area contributed by atoms with Crippen LogP contribution in [0.15, 0.2) is 4.79 Å². The number of hydrogen-bond donors (Lipinski definition) is 4. The van der Waals surface area contributed by atoms with E-state index in [4.69, 9.17) is 33.2 Å². The smallest absolute Gasteiger partial charge is 0.255 e. The van der Waals surface area contributed by atoms with E-state index < -0.39 is 12.5 Å². The van der Waals surface area contributed by atoms with Crippen molar-refractivity contribution < 1.29 is 9.47 Å². The number of ether oxygens (including phenoxy) is 2. The van der Waals surface area contributed by atoms with E-state index in [2.05, 4.69) is 9.97 Å². The molecule has 0 aromatic carbocycles. The molecule has 102 valence electrons. The Kier molecular flexibility index (Phi) is 5.63. The first-order chi connectivity index (χ1) is 8.47. The van der Waals surface area contributed by atoms with Gasteiger partial charge in [0, 0.05) is 38.3 Å². The average molecular weight is 274 g/mol. The molecule has 18 heavy (non-hydrogen) atoms. The first-order valence-electron chi connectivity index (χ1n) is 5.39. The number of rotatable bonds is 6. The Bertz CT molecular complexity index is 499. The van der Waals surface area contributed by atoms with Crippen LogP contribution in [0, 0.1) is 4.77 Å². The highest BCUT2D eigenvalue weighted by Gasteiger charge is 2.14. The SMILES string of the molecule is COC(N)Cc1[nH]c(=S)[nH]c(=O)c1CC(N)OC. The third kappa shape index (κ3) is 4.00. The lowest BCUT2D eigenvalue weighted by molar-refractivity contribution is 0.103. The minimum Gasteiger partial charge on any atom is -0.366 e. The number of nitrogens with one attached hydrogen (secondary N) is 2. The van der Waals surface area contributed by atoms with Gasteiger partial charge < -0.3 is 25.9 Å². The molecule has 0 aliphatic rings. The predicted molar refractivity (Wildman–Crippen MR) is 69.6 cm³/mol. The molecule has 2 unspecified atom stereocenters. The second kappa shape index (κ2) is 6.76. The summed E-state index contributed by atoms with van der Waals surface area (Å²) in [4.78, 5) is 17.3. The van der Waals surface area contributed by atoms with Gasteiger partial charge in [0.15, 0.2) is 4.77 Å². The lowest BCUT2D eigenvalue weighted by Crippen LogP contribution is -2.32. The lowest BCUT2D eigenvalue weighted by Gasteiger charge is -2.15. The first kappa shape index (κ1) is 15.0. The number of aromatic nitrogens is 2. The fraction of sp³-hybridized carbons (Fsp3) is 0.600. The Morgan fingerprint density at radius 1 is 1.17 bits per heavy atom. The van der Waals surface area contributed by atoms with Crippen molar-refractivity contribution in [1.29, 1.82) is 0 Å². The van der Waals surface area contributed by atoms with E-state index >= 15 is 0 Å². The van der Waals surface area contributed by atoms with Crippen molar-refractivity contribution in [2.24, 2.45) is 11.5 Å². The molecule has 0 aliphatic carbocycles. The van der Waals surface area contributed by atoms with Gasteiger partial charge in [-0.3, -0.25) is 9.78 Å². The van der Waals surface area contributed by atoms with Gasteiger partial charge in [0.25, 0.3) is 5.56 Å². The molecule has 0 aliphatic heterocycles. The Morgan fingerprint density at radius 2 is 1.72 bits per heavy atom. The molecule has 0 fully saturated rings. The van der Waals surface area contributed by atoms with Crippen LogP contribution in [0.5, 0.6) is 0 Å². The van der Waals surface area contributed by atoms with Gasteiger partial charge in [-0.2, -0.15) is 0 Å². The lowest BCUT2D eigenvalue weighted by atomic mass is 10.1. The van der Waals surface area contributed by atoms with E-state index in [1.807, 2.05) is 0 Å². The Morgan fingerprint density at radius 3 is 2.28 bits per heavy atom. The van der Waals surface area contributed by atoms with Crippen LogP contribution in [0.25, 0.3) is 0 Å². The molecular formula is C10H18N4O3S. The summed E-state index contributed by atoms with van der Waals surface area (Å²) in [5, 5.41) is 0. The standard InChI is InChI=1S/C10H18N4O3S/c1-16-7(11)3-5-6(4-8(12)17-2)13-10(18)14-9(5)15/h7-8H,3-4,11-12H2,1-2H3,(H2,13,14,15,18). The number of aromatic amines is 2. The number of nitrogens with two attached hydrogens (primary N) is 2. The van der Waals surface area contributed by atoms with Gasteiger partial charge in [0.2, 0.25) is 0 Å². The summed E-state index contributed by atoms with van der Waals surface area (Å²) in [6.07, 6.45) is -0.470. The van der Waals surface area contributed by atoms with Crippen molar-refractivity contribution in [3.63, 3.8) is 0 Å². The van der Waals surface area contributed by atoms with E-state index in [1.165, 1.54) is 14.2 Å². The molecule has 0 radical (unpaired) electrons. The van der Waals surface area contributed by atoms with Crippen LogP contribution in [0.2, 0.25) is 0 Å². The van der Waals surface area contributed by atoms with Crippen molar-refractivity contribution in [2.75, 3.05) is 14.2 Å². The summed E-state index contributed by atoms with van der Waals surface area (Å²) in [7, 11) is 2.97. The van der Waals surface area contributed by atoms with Crippen LogP contribution in [0.1, 0.15) is 11.3 Å². The summed E-state index contributed by atoms with van der Waals surface area (Å²) < 4.78 is 10.2. The second-order valence-electron chi connectivity index (χ2n) is 3.82. The summed E-state index contributed by atoms with van der Waals surface area (Å²) in [6, 6.07) is 0. The minimum absolute atomic E-state index is 0.244. The molecule has 1 heterocycles. The highest BCUT2D eigenvalue weighted by Crippen LogP contribution is 2.06. The van der Waals surface area contributed by atoms with Gasteiger partial charge >= 0.3 is 0 Å². The molecule has 0 saturated heterocycles. The Balaban J connectivity index is 3.12. The maximum Gasteiger partial charge on any atom is 0.255 e. The summed E-state index contributed by atoms with van der Waals surface area (Å²) in [5.74, 6) is 0. The maximum atomic E-state index is 11.8. The highest BCUT2D eigenvalue weighted by molar-refractivity contribution is 7.71.